The smallest absolute Gasteiger partial charge is 0.422 e. The summed E-state index contributed by atoms with van der Waals surface area (Å²) in [6.07, 6.45) is -5.05. The van der Waals surface area contributed by atoms with E-state index < -0.39 is 30.4 Å². The first-order valence-corrected chi connectivity index (χ1v) is 7.85. The van der Waals surface area contributed by atoms with E-state index in [4.69, 9.17) is 4.74 Å². The van der Waals surface area contributed by atoms with Gasteiger partial charge in [-0.25, -0.2) is 4.79 Å². The van der Waals surface area contributed by atoms with E-state index in [1.54, 1.807) is 26.8 Å². The SMILES string of the molecule is CN(CC(=O)NCc1cccc(OCC(F)(F)F)c1)C(=O)OC(C)(C)C. The minimum absolute atomic E-state index is 0.0555. The van der Waals surface area contributed by atoms with Crippen LogP contribution in [0.4, 0.5) is 18.0 Å². The number of benzene rings is 1. The number of ether oxygens (including phenoxy) is 2. The van der Waals surface area contributed by atoms with Crippen LogP contribution < -0.4 is 10.1 Å². The molecule has 0 aliphatic heterocycles. The molecular formula is C17H23F3N2O4. The van der Waals surface area contributed by atoms with E-state index in [1.807, 2.05) is 0 Å². The maximum atomic E-state index is 12.2. The van der Waals surface area contributed by atoms with Crippen molar-refractivity contribution in [3.8, 4) is 5.75 Å². The molecule has 0 atom stereocenters. The average Bonchev–Trinajstić information content (AvgIpc) is 2.49. The summed E-state index contributed by atoms with van der Waals surface area (Å²) in [5.74, 6) is -0.375. The van der Waals surface area contributed by atoms with E-state index in [2.05, 4.69) is 10.1 Å². The number of amides is 2. The van der Waals surface area contributed by atoms with E-state index in [0.717, 1.165) is 4.90 Å². The molecule has 0 aliphatic carbocycles. The number of hydrogen-bond acceptors (Lipinski definition) is 4. The van der Waals surface area contributed by atoms with Crippen molar-refractivity contribution in [3.63, 3.8) is 0 Å². The monoisotopic (exact) mass is 376 g/mol. The van der Waals surface area contributed by atoms with Crippen molar-refractivity contribution >= 4 is 12.0 Å². The van der Waals surface area contributed by atoms with Gasteiger partial charge in [-0.15, -0.1) is 0 Å². The van der Waals surface area contributed by atoms with Gasteiger partial charge in [0.1, 0.15) is 17.9 Å². The molecule has 26 heavy (non-hydrogen) atoms. The Balaban J connectivity index is 2.48. The third kappa shape index (κ3) is 9.14. The number of carbonyl (C=O) groups excluding carboxylic acids is 2. The zero-order valence-electron chi connectivity index (χ0n) is 15.1. The van der Waals surface area contributed by atoms with Crippen LogP contribution in [0.5, 0.6) is 5.75 Å². The largest absolute Gasteiger partial charge is 0.484 e. The summed E-state index contributed by atoms with van der Waals surface area (Å²) in [6, 6.07) is 5.97. The summed E-state index contributed by atoms with van der Waals surface area (Å²) >= 11 is 0. The van der Waals surface area contributed by atoms with E-state index in [-0.39, 0.29) is 18.8 Å². The van der Waals surface area contributed by atoms with Gasteiger partial charge in [0.2, 0.25) is 5.91 Å². The van der Waals surface area contributed by atoms with Crippen LogP contribution in [0.2, 0.25) is 0 Å². The van der Waals surface area contributed by atoms with Gasteiger partial charge in [-0.2, -0.15) is 13.2 Å². The van der Waals surface area contributed by atoms with Crippen molar-refractivity contribution < 1.29 is 32.2 Å². The first kappa shape index (κ1) is 21.6. The van der Waals surface area contributed by atoms with Gasteiger partial charge >= 0.3 is 12.3 Å². The lowest BCUT2D eigenvalue weighted by atomic mass is 10.2. The Morgan fingerprint density at radius 2 is 1.85 bits per heavy atom. The van der Waals surface area contributed by atoms with Crippen LogP contribution in [-0.4, -0.2) is 48.9 Å². The van der Waals surface area contributed by atoms with Gasteiger partial charge in [0.05, 0.1) is 0 Å². The van der Waals surface area contributed by atoms with Crippen LogP contribution in [0.3, 0.4) is 0 Å². The van der Waals surface area contributed by atoms with Crippen LogP contribution in [0, 0.1) is 0 Å². The molecule has 0 heterocycles. The molecule has 0 aromatic heterocycles. The average molecular weight is 376 g/mol. The molecule has 0 aliphatic rings. The highest BCUT2D eigenvalue weighted by Gasteiger charge is 2.28. The number of alkyl halides is 3. The van der Waals surface area contributed by atoms with E-state index in [9.17, 15) is 22.8 Å². The van der Waals surface area contributed by atoms with Crippen LogP contribution >= 0.6 is 0 Å². The Morgan fingerprint density at radius 1 is 1.19 bits per heavy atom. The zero-order chi connectivity index (χ0) is 20.0. The summed E-state index contributed by atoms with van der Waals surface area (Å²) < 4.78 is 46.3. The molecule has 0 bridgehead atoms. The maximum Gasteiger partial charge on any atom is 0.422 e. The molecule has 9 heteroatoms. The molecular weight excluding hydrogens is 353 g/mol. The molecule has 0 saturated carbocycles. The van der Waals surface area contributed by atoms with Crippen molar-refractivity contribution in [2.75, 3.05) is 20.2 Å². The molecule has 6 nitrogen and oxygen atoms in total. The first-order valence-electron chi connectivity index (χ1n) is 7.85. The Bertz CT molecular complexity index is 627. The molecule has 2 amide bonds. The highest BCUT2D eigenvalue weighted by molar-refractivity contribution is 5.82. The third-order valence-corrected chi connectivity index (χ3v) is 2.88. The fourth-order valence-corrected chi connectivity index (χ4v) is 1.79. The Hall–Kier alpha value is -2.45. The van der Waals surface area contributed by atoms with Gasteiger partial charge in [-0.3, -0.25) is 4.79 Å². The topological polar surface area (TPSA) is 67.9 Å². The molecule has 0 radical (unpaired) electrons. The lowest BCUT2D eigenvalue weighted by molar-refractivity contribution is -0.153. The summed E-state index contributed by atoms with van der Waals surface area (Å²) in [5.41, 5.74) is -0.100. The number of halogens is 3. The minimum atomic E-state index is -4.42. The van der Waals surface area contributed by atoms with Crippen molar-refractivity contribution in [2.24, 2.45) is 0 Å². The van der Waals surface area contributed by atoms with Gasteiger partial charge in [-0.05, 0) is 38.5 Å². The van der Waals surface area contributed by atoms with Gasteiger partial charge in [0.15, 0.2) is 6.61 Å². The Morgan fingerprint density at radius 3 is 2.42 bits per heavy atom. The first-order chi connectivity index (χ1) is 11.9. The fourth-order valence-electron chi connectivity index (χ4n) is 1.79. The van der Waals surface area contributed by atoms with Gasteiger partial charge < -0.3 is 19.7 Å². The summed E-state index contributed by atoms with van der Waals surface area (Å²) in [5, 5.41) is 2.58. The molecule has 0 saturated heterocycles. The molecule has 1 aromatic rings. The highest BCUT2D eigenvalue weighted by atomic mass is 19.4. The number of rotatable bonds is 6. The quantitative estimate of drug-likeness (QED) is 0.828. The summed E-state index contributed by atoms with van der Waals surface area (Å²) in [7, 11) is 1.43. The van der Waals surface area contributed by atoms with Gasteiger partial charge in [0.25, 0.3) is 0 Å². The molecule has 0 unspecified atom stereocenters. The number of nitrogens with one attached hydrogen (secondary N) is 1. The van der Waals surface area contributed by atoms with E-state index in [0.29, 0.717) is 5.56 Å². The second kappa shape index (κ2) is 8.77. The second-order valence-corrected chi connectivity index (χ2v) is 6.66. The predicted octanol–water partition coefficient (Wildman–Crippen LogP) is 3.11. The maximum absolute atomic E-state index is 12.2. The van der Waals surface area contributed by atoms with Gasteiger partial charge in [0, 0.05) is 13.6 Å². The third-order valence-electron chi connectivity index (χ3n) is 2.88. The minimum Gasteiger partial charge on any atom is -0.484 e. The van der Waals surface area contributed by atoms with E-state index in [1.165, 1.54) is 25.2 Å². The number of likely N-dealkylation sites (N-methyl/N-ethyl adjacent to an activating group) is 1. The normalized spacial score (nSPS) is 11.7. The predicted molar refractivity (Wildman–Crippen MR) is 88.7 cm³/mol. The van der Waals surface area contributed by atoms with Crippen LogP contribution in [0.25, 0.3) is 0 Å². The fraction of sp³-hybridized carbons (Fsp3) is 0.529. The van der Waals surface area contributed by atoms with E-state index >= 15 is 0 Å². The van der Waals surface area contributed by atoms with Crippen LogP contribution in [0.1, 0.15) is 26.3 Å². The Labute approximate surface area is 150 Å². The summed E-state index contributed by atoms with van der Waals surface area (Å²) in [4.78, 5) is 24.8. The molecule has 1 N–H and O–H groups in total. The lowest BCUT2D eigenvalue weighted by Crippen LogP contribution is -2.40. The van der Waals surface area contributed by atoms with Crippen LogP contribution in [0.15, 0.2) is 24.3 Å². The highest BCUT2D eigenvalue weighted by Crippen LogP contribution is 2.19. The van der Waals surface area contributed by atoms with Crippen LogP contribution in [-0.2, 0) is 16.1 Å². The summed E-state index contributed by atoms with van der Waals surface area (Å²) in [6.45, 7) is 3.64. The number of hydrogen-bond donors (Lipinski definition) is 1. The molecule has 0 fully saturated rings. The molecule has 1 rings (SSSR count). The molecule has 0 spiro atoms. The van der Waals surface area contributed by atoms with Crippen molar-refractivity contribution in [3.05, 3.63) is 29.8 Å². The van der Waals surface area contributed by atoms with Crippen molar-refractivity contribution in [2.45, 2.75) is 39.1 Å². The van der Waals surface area contributed by atoms with Crippen molar-refractivity contribution in [1.82, 2.24) is 10.2 Å². The lowest BCUT2D eigenvalue weighted by Gasteiger charge is -2.24. The number of carbonyl (C=O) groups is 2. The zero-order valence-corrected chi connectivity index (χ0v) is 15.1. The standard InChI is InChI=1S/C17H23F3N2O4/c1-16(2,3)26-15(24)22(4)10-14(23)21-9-12-6-5-7-13(8-12)25-11-17(18,19)20/h5-8H,9-11H2,1-4H3,(H,21,23). The van der Waals surface area contributed by atoms with Crippen molar-refractivity contribution in [1.29, 1.82) is 0 Å². The van der Waals surface area contributed by atoms with Gasteiger partial charge in [-0.1, -0.05) is 12.1 Å². The molecule has 146 valence electrons. The molecule has 1 aromatic carbocycles. The number of nitrogens with zero attached hydrogens (tertiary/aromatic N) is 1. The Kier molecular flexibility index (Phi) is 7.29. The second-order valence-electron chi connectivity index (χ2n) is 6.66.